The second kappa shape index (κ2) is 7.77. The standard InChI is InChI=1S/C19H15ClFN3O/c20-17-7-2-1-4-13(17)11-22-16-8-9-18(23-12-16)19(25)24-15-6-3-5-14(21)10-15/h1-10,12,22H,11H2,(H,24,25). The number of amides is 1. The molecule has 0 saturated heterocycles. The molecular formula is C19H15ClFN3O. The summed E-state index contributed by atoms with van der Waals surface area (Å²) in [4.78, 5) is 16.3. The van der Waals surface area contributed by atoms with Crippen molar-refractivity contribution in [1.29, 1.82) is 0 Å². The topological polar surface area (TPSA) is 54.0 Å². The number of halogens is 2. The van der Waals surface area contributed by atoms with Crippen LogP contribution in [0.4, 0.5) is 15.8 Å². The lowest BCUT2D eigenvalue weighted by Crippen LogP contribution is -2.13. The van der Waals surface area contributed by atoms with Gasteiger partial charge in [-0.3, -0.25) is 4.79 Å². The van der Waals surface area contributed by atoms with Crippen molar-refractivity contribution in [2.24, 2.45) is 0 Å². The maximum Gasteiger partial charge on any atom is 0.274 e. The van der Waals surface area contributed by atoms with Crippen LogP contribution in [0.25, 0.3) is 0 Å². The highest BCUT2D eigenvalue weighted by Crippen LogP contribution is 2.17. The first-order valence-electron chi connectivity index (χ1n) is 7.62. The van der Waals surface area contributed by atoms with Crippen LogP contribution in [0.3, 0.4) is 0 Å². The fraction of sp³-hybridized carbons (Fsp3) is 0.0526. The number of rotatable bonds is 5. The minimum atomic E-state index is -0.412. The number of anilines is 2. The molecule has 0 atom stereocenters. The van der Waals surface area contributed by atoms with Crippen LogP contribution in [0.2, 0.25) is 5.02 Å². The van der Waals surface area contributed by atoms with Crippen LogP contribution >= 0.6 is 11.6 Å². The van der Waals surface area contributed by atoms with E-state index in [-0.39, 0.29) is 5.69 Å². The number of benzene rings is 2. The highest BCUT2D eigenvalue weighted by Gasteiger charge is 2.08. The van der Waals surface area contributed by atoms with Crippen LogP contribution in [-0.4, -0.2) is 10.9 Å². The summed E-state index contributed by atoms with van der Waals surface area (Å²) >= 11 is 6.11. The summed E-state index contributed by atoms with van der Waals surface area (Å²) in [7, 11) is 0. The Hall–Kier alpha value is -2.92. The van der Waals surface area contributed by atoms with Crippen LogP contribution in [0, 0.1) is 5.82 Å². The van der Waals surface area contributed by atoms with Gasteiger partial charge in [-0.25, -0.2) is 9.37 Å². The van der Waals surface area contributed by atoms with E-state index in [1.165, 1.54) is 18.2 Å². The van der Waals surface area contributed by atoms with Crippen molar-refractivity contribution in [3.8, 4) is 0 Å². The molecule has 1 amide bonds. The van der Waals surface area contributed by atoms with Crippen molar-refractivity contribution in [3.63, 3.8) is 0 Å². The molecule has 0 spiro atoms. The monoisotopic (exact) mass is 355 g/mol. The summed E-state index contributed by atoms with van der Waals surface area (Å²) in [6, 6.07) is 16.6. The summed E-state index contributed by atoms with van der Waals surface area (Å²) in [6.07, 6.45) is 1.57. The largest absolute Gasteiger partial charge is 0.380 e. The Morgan fingerprint density at radius 1 is 1.04 bits per heavy atom. The molecule has 1 aromatic heterocycles. The first-order valence-corrected chi connectivity index (χ1v) is 8.00. The molecule has 25 heavy (non-hydrogen) atoms. The van der Waals surface area contributed by atoms with Gasteiger partial charge in [-0.05, 0) is 42.0 Å². The maximum atomic E-state index is 13.1. The molecule has 0 radical (unpaired) electrons. The zero-order valence-electron chi connectivity index (χ0n) is 13.2. The Labute approximate surface area is 149 Å². The van der Waals surface area contributed by atoms with Gasteiger partial charge in [0.2, 0.25) is 0 Å². The van der Waals surface area contributed by atoms with Crippen LogP contribution in [0.15, 0.2) is 66.9 Å². The van der Waals surface area contributed by atoms with E-state index in [9.17, 15) is 9.18 Å². The second-order valence-corrected chi connectivity index (χ2v) is 5.75. The number of hydrogen-bond donors (Lipinski definition) is 2. The molecule has 0 aliphatic rings. The first-order chi connectivity index (χ1) is 12.1. The van der Waals surface area contributed by atoms with Crippen molar-refractivity contribution in [3.05, 3.63) is 89.0 Å². The van der Waals surface area contributed by atoms with E-state index < -0.39 is 11.7 Å². The minimum Gasteiger partial charge on any atom is -0.380 e. The maximum absolute atomic E-state index is 13.1. The van der Waals surface area contributed by atoms with Crippen molar-refractivity contribution in [2.45, 2.75) is 6.54 Å². The molecule has 3 aromatic rings. The van der Waals surface area contributed by atoms with Gasteiger partial charge in [0.25, 0.3) is 5.91 Å². The predicted octanol–water partition coefficient (Wildman–Crippen LogP) is 4.74. The molecule has 0 aliphatic carbocycles. The predicted molar refractivity (Wildman–Crippen MR) is 97.4 cm³/mol. The number of carbonyl (C=O) groups is 1. The van der Waals surface area contributed by atoms with Gasteiger partial charge < -0.3 is 10.6 Å². The van der Waals surface area contributed by atoms with Crippen LogP contribution < -0.4 is 10.6 Å². The van der Waals surface area contributed by atoms with E-state index >= 15 is 0 Å². The van der Waals surface area contributed by atoms with Crippen LogP contribution in [0.5, 0.6) is 0 Å². The lowest BCUT2D eigenvalue weighted by molar-refractivity contribution is 0.102. The van der Waals surface area contributed by atoms with E-state index in [2.05, 4.69) is 15.6 Å². The van der Waals surface area contributed by atoms with E-state index in [1.54, 1.807) is 24.4 Å². The van der Waals surface area contributed by atoms with Gasteiger partial charge in [0.1, 0.15) is 11.5 Å². The van der Waals surface area contributed by atoms with Gasteiger partial charge in [0.15, 0.2) is 0 Å². The summed E-state index contributed by atoms with van der Waals surface area (Å²) in [5, 5.41) is 6.49. The third-order valence-electron chi connectivity index (χ3n) is 3.52. The molecule has 4 nitrogen and oxygen atoms in total. The molecule has 6 heteroatoms. The van der Waals surface area contributed by atoms with E-state index in [0.717, 1.165) is 11.3 Å². The number of carbonyl (C=O) groups excluding carboxylic acids is 1. The second-order valence-electron chi connectivity index (χ2n) is 5.34. The zero-order valence-corrected chi connectivity index (χ0v) is 13.9. The number of pyridine rings is 1. The molecule has 126 valence electrons. The van der Waals surface area contributed by atoms with Gasteiger partial charge in [-0.1, -0.05) is 35.9 Å². The summed E-state index contributed by atoms with van der Waals surface area (Å²) in [5.41, 5.74) is 2.36. The highest BCUT2D eigenvalue weighted by molar-refractivity contribution is 6.31. The van der Waals surface area contributed by atoms with E-state index in [1.807, 2.05) is 24.3 Å². The van der Waals surface area contributed by atoms with Gasteiger partial charge in [0, 0.05) is 17.3 Å². The molecular weight excluding hydrogens is 341 g/mol. The number of hydrogen-bond acceptors (Lipinski definition) is 3. The molecule has 0 unspecified atom stereocenters. The normalized spacial score (nSPS) is 10.3. The summed E-state index contributed by atoms with van der Waals surface area (Å²) in [6.45, 7) is 0.552. The average molecular weight is 356 g/mol. The van der Waals surface area contributed by atoms with E-state index in [0.29, 0.717) is 17.3 Å². The zero-order chi connectivity index (χ0) is 17.6. The Morgan fingerprint density at radius 3 is 2.60 bits per heavy atom. The number of nitrogens with one attached hydrogen (secondary N) is 2. The molecule has 0 bridgehead atoms. The third-order valence-corrected chi connectivity index (χ3v) is 3.89. The molecule has 0 aliphatic heterocycles. The van der Waals surface area contributed by atoms with E-state index in [4.69, 9.17) is 11.6 Å². The van der Waals surface area contributed by atoms with Gasteiger partial charge in [-0.15, -0.1) is 0 Å². The van der Waals surface area contributed by atoms with Gasteiger partial charge >= 0.3 is 0 Å². The summed E-state index contributed by atoms with van der Waals surface area (Å²) in [5.74, 6) is -0.812. The molecule has 1 heterocycles. The Kier molecular flexibility index (Phi) is 5.26. The third kappa shape index (κ3) is 4.55. The molecule has 0 saturated carbocycles. The molecule has 0 fully saturated rings. The number of aromatic nitrogens is 1. The van der Waals surface area contributed by atoms with Crippen LogP contribution in [0.1, 0.15) is 16.1 Å². The first kappa shape index (κ1) is 16.9. The molecule has 2 N–H and O–H groups in total. The Morgan fingerprint density at radius 2 is 1.88 bits per heavy atom. The molecule has 3 rings (SSSR count). The van der Waals surface area contributed by atoms with Crippen molar-refractivity contribution >= 4 is 28.9 Å². The fourth-order valence-corrected chi connectivity index (χ4v) is 2.44. The summed E-state index contributed by atoms with van der Waals surface area (Å²) < 4.78 is 13.1. The Bertz CT molecular complexity index is 884. The smallest absolute Gasteiger partial charge is 0.274 e. The lowest BCUT2D eigenvalue weighted by Gasteiger charge is -2.09. The quantitative estimate of drug-likeness (QED) is 0.695. The Balaban J connectivity index is 1.61. The molecule has 2 aromatic carbocycles. The van der Waals surface area contributed by atoms with Crippen molar-refractivity contribution in [2.75, 3.05) is 10.6 Å². The van der Waals surface area contributed by atoms with Gasteiger partial charge in [-0.2, -0.15) is 0 Å². The minimum absolute atomic E-state index is 0.243. The SMILES string of the molecule is O=C(Nc1cccc(F)c1)c1ccc(NCc2ccccc2Cl)cn1. The number of nitrogens with zero attached hydrogens (tertiary/aromatic N) is 1. The van der Waals surface area contributed by atoms with Crippen molar-refractivity contribution in [1.82, 2.24) is 4.98 Å². The average Bonchev–Trinajstić information content (AvgIpc) is 2.61. The fourth-order valence-electron chi connectivity index (χ4n) is 2.23. The highest BCUT2D eigenvalue weighted by atomic mass is 35.5. The van der Waals surface area contributed by atoms with Crippen molar-refractivity contribution < 1.29 is 9.18 Å². The van der Waals surface area contributed by atoms with Gasteiger partial charge in [0.05, 0.1) is 11.9 Å². The van der Waals surface area contributed by atoms with Crippen LogP contribution in [-0.2, 0) is 6.54 Å². The lowest BCUT2D eigenvalue weighted by atomic mass is 10.2.